The summed E-state index contributed by atoms with van der Waals surface area (Å²) in [6, 6.07) is 23.0. The number of rotatable bonds is 4. The SMILES string of the molecule is Cc1c(Cl)cccc1NC(=O)[C@@H]1SC(=Nc2ccccc2)C(c2nc3ccccc3s2)=C1N. The molecule has 164 valence electrons. The molecule has 1 amide bonds. The lowest BCUT2D eigenvalue weighted by Crippen LogP contribution is -2.28. The molecule has 4 aromatic rings. The lowest BCUT2D eigenvalue weighted by Gasteiger charge is -2.13. The van der Waals surface area contributed by atoms with Gasteiger partial charge in [-0.3, -0.25) is 4.79 Å². The van der Waals surface area contributed by atoms with Crippen LogP contribution in [0, 0.1) is 6.92 Å². The molecule has 3 aromatic carbocycles. The maximum absolute atomic E-state index is 13.3. The number of fused-ring (bicyclic) bond motifs is 1. The molecule has 0 radical (unpaired) electrons. The van der Waals surface area contributed by atoms with Crippen LogP contribution in [0.15, 0.2) is 83.5 Å². The van der Waals surface area contributed by atoms with Crippen molar-refractivity contribution in [1.82, 2.24) is 4.98 Å². The monoisotopic (exact) mass is 490 g/mol. The van der Waals surface area contributed by atoms with Gasteiger partial charge in [0.25, 0.3) is 0 Å². The van der Waals surface area contributed by atoms with E-state index in [1.807, 2.05) is 67.6 Å². The number of thiazole rings is 1. The first-order valence-electron chi connectivity index (χ1n) is 10.2. The average molecular weight is 491 g/mol. The molecule has 5 rings (SSSR count). The van der Waals surface area contributed by atoms with Gasteiger partial charge in [-0.25, -0.2) is 9.98 Å². The fraction of sp³-hybridized carbons (Fsp3) is 0.0800. The minimum Gasteiger partial charge on any atom is -0.400 e. The highest BCUT2D eigenvalue weighted by atomic mass is 35.5. The molecule has 0 unspecified atom stereocenters. The van der Waals surface area contributed by atoms with Gasteiger partial charge >= 0.3 is 0 Å². The van der Waals surface area contributed by atoms with Crippen LogP contribution in [0.5, 0.6) is 0 Å². The molecule has 0 aliphatic carbocycles. The number of hydrogen-bond acceptors (Lipinski definition) is 6. The van der Waals surface area contributed by atoms with Crippen LogP contribution >= 0.6 is 34.7 Å². The summed E-state index contributed by atoms with van der Waals surface area (Å²) in [4.78, 5) is 22.9. The summed E-state index contributed by atoms with van der Waals surface area (Å²) >= 11 is 9.10. The van der Waals surface area contributed by atoms with Gasteiger partial charge in [-0.05, 0) is 48.9 Å². The quantitative estimate of drug-likeness (QED) is 0.346. The van der Waals surface area contributed by atoms with Crippen LogP contribution in [-0.4, -0.2) is 21.2 Å². The van der Waals surface area contributed by atoms with Crippen LogP contribution in [-0.2, 0) is 4.79 Å². The van der Waals surface area contributed by atoms with Crippen LogP contribution in [0.3, 0.4) is 0 Å². The van der Waals surface area contributed by atoms with E-state index in [9.17, 15) is 4.79 Å². The molecule has 0 fully saturated rings. The maximum atomic E-state index is 13.3. The van der Waals surface area contributed by atoms with Crippen molar-refractivity contribution >= 4 is 72.8 Å². The zero-order valence-corrected chi connectivity index (χ0v) is 20.0. The highest BCUT2D eigenvalue weighted by Crippen LogP contribution is 2.42. The van der Waals surface area contributed by atoms with Crippen molar-refractivity contribution in [1.29, 1.82) is 0 Å². The largest absolute Gasteiger partial charge is 0.400 e. The zero-order chi connectivity index (χ0) is 22.9. The molecule has 0 bridgehead atoms. The summed E-state index contributed by atoms with van der Waals surface area (Å²) < 4.78 is 1.05. The van der Waals surface area contributed by atoms with Crippen LogP contribution in [0.2, 0.25) is 5.02 Å². The van der Waals surface area contributed by atoms with Gasteiger partial charge in [0.05, 0.1) is 21.5 Å². The number of carbonyl (C=O) groups is 1. The van der Waals surface area contributed by atoms with Crippen molar-refractivity contribution in [2.45, 2.75) is 12.2 Å². The first kappa shape index (κ1) is 21.7. The van der Waals surface area contributed by atoms with E-state index in [2.05, 4.69) is 5.32 Å². The van der Waals surface area contributed by atoms with Crippen LogP contribution in [0.4, 0.5) is 11.4 Å². The van der Waals surface area contributed by atoms with E-state index in [0.29, 0.717) is 27.0 Å². The number of benzene rings is 3. The Hall–Kier alpha value is -3.13. The molecular weight excluding hydrogens is 472 g/mol. The summed E-state index contributed by atoms with van der Waals surface area (Å²) in [7, 11) is 0. The Morgan fingerprint density at radius 1 is 1.06 bits per heavy atom. The second kappa shape index (κ2) is 9.02. The molecule has 1 atom stereocenters. The molecule has 0 saturated carbocycles. The molecule has 2 heterocycles. The van der Waals surface area contributed by atoms with Crippen molar-refractivity contribution in [2.75, 3.05) is 5.32 Å². The number of amides is 1. The summed E-state index contributed by atoms with van der Waals surface area (Å²) in [6.45, 7) is 1.87. The Labute approximate surface area is 204 Å². The number of nitrogens with one attached hydrogen (secondary N) is 1. The first-order chi connectivity index (χ1) is 16.0. The van der Waals surface area contributed by atoms with Gasteiger partial charge in [-0.2, -0.15) is 0 Å². The molecule has 8 heteroatoms. The number of aliphatic imine (C=N–C) groups is 1. The number of nitrogens with two attached hydrogens (primary N) is 1. The van der Waals surface area contributed by atoms with Crippen molar-refractivity contribution in [3.63, 3.8) is 0 Å². The number of nitrogens with zero attached hydrogens (tertiary/aromatic N) is 2. The Morgan fingerprint density at radius 2 is 1.82 bits per heavy atom. The fourth-order valence-corrected chi connectivity index (χ4v) is 5.92. The van der Waals surface area contributed by atoms with E-state index in [0.717, 1.165) is 26.5 Å². The molecule has 1 aromatic heterocycles. The molecule has 33 heavy (non-hydrogen) atoms. The van der Waals surface area contributed by atoms with Gasteiger partial charge in [0.1, 0.15) is 15.3 Å². The Bertz CT molecular complexity index is 1400. The Morgan fingerprint density at radius 3 is 2.61 bits per heavy atom. The highest BCUT2D eigenvalue weighted by Gasteiger charge is 2.37. The van der Waals surface area contributed by atoms with Gasteiger partial charge in [0.2, 0.25) is 5.91 Å². The minimum atomic E-state index is -0.632. The average Bonchev–Trinajstić information content (AvgIpc) is 3.38. The van der Waals surface area contributed by atoms with Gasteiger partial charge in [0, 0.05) is 16.4 Å². The summed E-state index contributed by atoms with van der Waals surface area (Å²) in [5.74, 6) is -0.222. The second-order valence-corrected chi connectivity index (χ2v) is 10.0. The van der Waals surface area contributed by atoms with E-state index < -0.39 is 5.25 Å². The van der Waals surface area contributed by atoms with E-state index in [1.165, 1.54) is 11.8 Å². The topological polar surface area (TPSA) is 80.4 Å². The predicted molar refractivity (Wildman–Crippen MR) is 140 cm³/mol. The number of thioether (sulfide) groups is 1. The van der Waals surface area contributed by atoms with Crippen molar-refractivity contribution in [3.8, 4) is 0 Å². The van der Waals surface area contributed by atoms with E-state index in [4.69, 9.17) is 27.3 Å². The predicted octanol–water partition coefficient (Wildman–Crippen LogP) is 6.41. The maximum Gasteiger partial charge on any atom is 0.243 e. The lowest BCUT2D eigenvalue weighted by molar-refractivity contribution is -0.115. The van der Waals surface area contributed by atoms with E-state index in [1.54, 1.807) is 23.5 Å². The molecular formula is C25H19ClN4OS2. The van der Waals surface area contributed by atoms with E-state index >= 15 is 0 Å². The molecule has 1 aliphatic heterocycles. The van der Waals surface area contributed by atoms with Crippen molar-refractivity contribution in [3.05, 3.63) is 94.1 Å². The number of halogens is 1. The fourth-order valence-electron chi connectivity index (χ4n) is 3.52. The summed E-state index contributed by atoms with van der Waals surface area (Å²) in [5.41, 5.74) is 10.9. The van der Waals surface area contributed by atoms with Crippen LogP contribution in [0.25, 0.3) is 15.8 Å². The third kappa shape index (κ3) is 4.27. The normalized spacial score (nSPS) is 17.2. The van der Waals surface area contributed by atoms with Gasteiger partial charge in [-0.1, -0.05) is 59.8 Å². The first-order valence-corrected chi connectivity index (χ1v) is 12.3. The molecule has 3 N–H and O–H groups in total. The number of hydrogen-bond donors (Lipinski definition) is 2. The summed E-state index contributed by atoms with van der Waals surface area (Å²) in [6.07, 6.45) is 0. The smallest absolute Gasteiger partial charge is 0.243 e. The summed E-state index contributed by atoms with van der Waals surface area (Å²) in [5, 5.41) is 4.37. The van der Waals surface area contributed by atoms with Crippen LogP contribution < -0.4 is 11.1 Å². The Kier molecular flexibility index (Phi) is 5.93. The molecule has 1 aliphatic rings. The standard InChI is InChI=1S/C25H19ClN4OS2/c1-14-16(26)10-7-12-17(14)29-23(31)22-21(27)20(24(33-22)28-15-8-3-2-4-9-15)25-30-18-11-5-6-13-19(18)32-25/h2-13,22H,27H2,1H3,(H,29,31)/t22-/m1/s1. The highest BCUT2D eigenvalue weighted by molar-refractivity contribution is 8.16. The van der Waals surface area contributed by atoms with Crippen molar-refractivity contribution in [2.24, 2.45) is 10.7 Å². The van der Waals surface area contributed by atoms with Crippen molar-refractivity contribution < 1.29 is 4.79 Å². The molecule has 0 saturated heterocycles. The van der Waals surface area contributed by atoms with Gasteiger partial charge in [-0.15, -0.1) is 11.3 Å². The van der Waals surface area contributed by atoms with Crippen LogP contribution in [0.1, 0.15) is 10.6 Å². The number of anilines is 1. The Balaban J connectivity index is 1.56. The third-order valence-electron chi connectivity index (χ3n) is 5.27. The van der Waals surface area contributed by atoms with E-state index in [-0.39, 0.29) is 5.91 Å². The lowest BCUT2D eigenvalue weighted by atomic mass is 10.1. The number of carbonyl (C=O) groups excluding carboxylic acids is 1. The van der Waals surface area contributed by atoms with Gasteiger partial charge < -0.3 is 11.1 Å². The third-order valence-corrected chi connectivity index (χ3v) is 7.96. The molecule has 5 nitrogen and oxygen atoms in total. The second-order valence-electron chi connectivity index (χ2n) is 7.47. The number of aromatic nitrogens is 1. The zero-order valence-electron chi connectivity index (χ0n) is 17.6. The van der Waals surface area contributed by atoms with Gasteiger partial charge in [0.15, 0.2) is 0 Å². The number of para-hydroxylation sites is 2. The minimum absolute atomic E-state index is 0.222. The molecule has 0 spiro atoms.